The maximum atomic E-state index is 12.6. The molecule has 0 saturated carbocycles. The summed E-state index contributed by atoms with van der Waals surface area (Å²) in [5, 5.41) is 3.15. The van der Waals surface area contributed by atoms with Crippen molar-refractivity contribution in [1.82, 2.24) is 5.32 Å². The van der Waals surface area contributed by atoms with Crippen molar-refractivity contribution in [1.29, 1.82) is 0 Å². The van der Waals surface area contributed by atoms with Gasteiger partial charge in [0.1, 0.15) is 19.0 Å². The number of fused-ring (bicyclic) bond motifs is 1. The van der Waals surface area contributed by atoms with Crippen molar-refractivity contribution in [2.24, 2.45) is 5.92 Å². The van der Waals surface area contributed by atoms with Crippen LogP contribution in [0.1, 0.15) is 31.0 Å². The van der Waals surface area contributed by atoms with Crippen LogP contribution >= 0.6 is 0 Å². The Balaban J connectivity index is 1.75. The third-order valence-corrected chi connectivity index (χ3v) is 4.45. The van der Waals surface area contributed by atoms with Crippen LogP contribution in [-0.2, 0) is 11.2 Å². The second-order valence-corrected chi connectivity index (χ2v) is 6.68. The van der Waals surface area contributed by atoms with Crippen LogP contribution in [0.15, 0.2) is 42.5 Å². The minimum absolute atomic E-state index is 0.0388. The van der Waals surface area contributed by atoms with Gasteiger partial charge in [-0.3, -0.25) is 4.79 Å². The molecular weight excluding hydrogens is 330 g/mol. The molecule has 2 aromatic carbocycles. The molecule has 1 atom stereocenters. The van der Waals surface area contributed by atoms with E-state index >= 15 is 0 Å². The number of carbonyl (C=O) groups excluding carboxylic acids is 1. The topological polar surface area (TPSA) is 56.8 Å². The van der Waals surface area contributed by atoms with E-state index in [2.05, 4.69) is 19.2 Å². The van der Waals surface area contributed by atoms with Gasteiger partial charge in [-0.25, -0.2) is 0 Å². The number of methoxy groups -OCH3 is 1. The largest absolute Gasteiger partial charge is 0.496 e. The van der Waals surface area contributed by atoms with Crippen molar-refractivity contribution in [2.75, 3.05) is 20.3 Å². The summed E-state index contributed by atoms with van der Waals surface area (Å²) in [6, 6.07) is 13.3. The zero-order valence-electron chi connectivity index (χ0n) is 15.5. The normalized spacial score (nSPS) is 14.0. The van der Waals surface area contributed by atoms with E-state index in [1.807, 2.05) is 42.5 Å². The molecule has 5 heteroatoms. The third-order valence-electron chi connectivity index (χ3n) is 4.45. The molecule has 1 aliphatic heterocycles. The number of rotatable bonds is 6. The lowest BCUT2D eigenvalue weighted by atomic mass is 9.95. The average molecular weight is 355 g/mol. The first-order valence-corrected chi connectivity index (χ1v) is 8.89. The summed E-state index contributed by atoms with van der Waals surface area (Å²) in [7, 11) is 1.61. The van der Waals surface area contributed by atoms with Gasteiger partial charge < -0.3 is 19.5 Å². The van der Waals surface area contributed by atoms with Gasteiger partial charge in [-0.2, -0.15) is 0 Å². The van der Waals surface area contributed by atoms with Gasteiger partial charge in [0.2, 0.25) is 5.91 Å². The van der Waals surface area contributed by atoms with E-state index in [4.69, 9.17) is 14.2 Å². The maximum Gasteiger partial charge on any atom is 0.225 e. The summed E-state index contributed by atoms with van der Waals surface area (Å²) in [5.74, 6) is 2.41. The predicted octanol–water partition coefficient (Wildman–Crippen LogP) is 3.52. The summed E-state index contributed by atoms with van der Waals surface area (Å²) in [4.78, 5) is 12.6. The Morgan fingerprint density at radius 2 is 1.85 bits per heavy atom. The molecule has 138 valence electrons. The average Bonchev–Trinajstić information content (AvgIpc) is 2.66. The lowest BCUT2D eigenvalue weighted by Crippen LogP contribution is -2.33. The number of hydrogen-bond acceptors (Lipinski definition) is 4. The smallest absolute Gasteiger partial charge is 0.225 e. The van der Waals surface area contributed by atoms with Gasteiger partial charge in [0.05, 0.1) is 19.6 Å². The van der Waals surface area contributed by atoms with Gasteiger partial charge in [0.15, 0.2) is 11.5 Å². The number of benzene rings is 2. The van der Waals surface area contributed by atoms with E-state index in [0.29, 0.717) is 13.2 Å². The highest BCUT2D eigenvalue weighted by atomic mass is 16.6. The molecule has 0 aromatic heterocycles. The minimum atomic E-state index is -0.104. The van der Waals surface area contributed by atoms with E-state index in [1.165, 1.54) is 0 Å². The van der Waals surface area contributed by atoms with Gasteiger partial charge in [0, 0.05) is 5.56 Å². The number of nitrogens with one attached hydrogen (secondary N) is 1. The molecule has 0 bridgehead atoms. The molecular formula is C21H25NO4. The summed E-state index contributed by atoms with van der Waals surface area (Å²) in [5.41, 5.74) is 1.88. The molecule has 2 aromatic rings. The molecule has 1 unspecified atom stereocenters. The lowest BCUT2D eigenvalue weighted by Gasteiger charge is -2.25. The number of hydrogen-bond donors (Lipinski definition) is 1. The minimum Gasteiger partial charge on any atom is -0.496 e. The molecule has 1 heterocycles. The molecule has 1 aliphatic rings. The van der Waals surface area contributed by atoms with Crippen LogP contribution in [0.5, 0.6) is 17.2 Å². The lowest BCUT2D eigenvalue weighted by molar-refractivity contribution is -0.121. The SMILES string of the molecule is COc1ccccc1CC(=O)NC(c1ccc2c(c1)OCCO2)C(C)C. The fourth-order valence-electron chi connectivity index (χ4n) is 3.13. The standard InChI is InChI=1S/C21H25NO4/c1-14(2)21(16-8-9-18-19(12-16)26-11-10-25-18)22-20(23)13-15-6-4-5-7-17(15)24-3/h4-9,12,14,21H,10-11,13H2,1-3H3,(H,22,23). The first-order valence-electron chi connectivity index (χ1n) is 8.89. The molecule has 0 aliphatic carbocycles. The van der Waals surface area contributed by atoms with E-state index in [9.17, 15) is 4.79 Å². The van der Waals surface area contributed by atoms with Crippen molar-refractivity contribution in [3.8, 4) is 17.2 Å². The van der Waals surface area contributed by atoms with Gasteiger partial charge in [-0.05, 0) is 29.7 Å². The van der Waals surface area contributed by atoms with Gasteiger partial charge in [-0.15, -0.1) is 0 Å². The van der Waals surface area contributed by atoms with Crippen LogP contribution in [0.2, 0.25) is 0 Å². The van der Waals surface area contributed by atoms with Gasteiger partial charge in [0.25, 0.3) is 0 Å². The molecule has 1 N–H and O–H groups in total. The van der Waals surface area contributed by atoms with Crippen LogP contribution in [0, 0.1) is 5.92 Å². The van der Waals surface area contributed by atoms with Crippen molar-refractivity contribution in [3.05, 3.63) is 53.6 Å². The number of ether oxygens (including phenoxy) is 3. The fourth-order valence-corrected chi connectivity index (χ4v) is 3.13. The van der Waals surface area contributed by atoms with Crippen molar-refractivity contribution >= 4 is 5.91 Å². The Hall–Kier alpha value is -2.69. The highest BCUT2D eigenvalue weighted by Gasteiger charge is 2.22. The van der Waals surface area contributed by atoms with E-state index < -0.39 is 0 Å². The Bertz CT molecular complexity index is 772. The zero-order valence-corrected chi connectivity index (χ0v) is 15.5. The summed E-state index contributed by atoms with van der Waals surface area (Å²) < 4.78 is 16.6. The Kier molecular flexibility index (Phi) is 5.66. The molecule has 5 nitrogen and oxygen atoms in total. The zero-order chi connectivity index (χ0) is 18.5. The molecule has 3 rings (SSSR count). The molecule has 26 heavy (non-hydrogen) atoms. The fraction of sp³-hybridized carbons (Fsp3) is 0.381. The van der Waals surface area contributed by atoms with E-state index in [-0.39, 0.29) is 24.3 Å². The number of amides is 1. The summed E-state index contributed by atoms with van der Waals surface area (Å²) in [6.07, 6.45) is 0.276. The van der Waals surface area contributed by atoms with Crippen LogP contribution in [0.3, 0.4) is 0 Å². The van der Waals surface area contributed by atoms with Crippen LogP contribution in [0.25, 0.3) is 0 Å². The van der Waals surface area contributed by atoms with Gasteiger partial charge in [-0.1, -0.05) is 38.1 Å². The first-order chi connectivity index (χ1) is 12.6. The van der Waals surface area contributed by atoms with Crippen LogP contribution < -0.4 is 19.5 Å². The van der Waals surface area contributed by atoms with Crippen LogP contribution in [-0.4, -0.2) is 26.2 Å². The molecule has 0 radical (unpaired) electrons. The van der Waals surface area contributed by atoms with Crippen LogP contribution in [0.4, 0.5) is 0 Å². The van der Waals surface area contributed by atoms with E-state index in [1.54, 1.807) is 7.11 Å². The quantitative estimate of drug-likeness (QED) is 0.861. The molecule has 0 saturated heterocycles. The van der Waals surface area contributed by atoms with Gasteiger partial charge >= 0.3 is 0 Å². The highest BCUT2D eigenvalue weighted by Crippen LogP contribution is 2.34. The monoisotopic (exact) mass is 355 g/mol. The molecule has 1 amide bonds. The Labute approximate surface area is 154 Å². The maximum absolute atomic E-state index is 12.6. The predicted molar refractivity (Wildman–Crippen MR) is 99.9 cm³/mol. The van der Waals surface area contributed by atoms with Crippen molar-refractivity contribution in [2.45, 2.75) is 26.3 Å². The number of carbonyl (C=O) groups is 1. The Morgan fingerprint density at radius 1 is 1.12 bits per heavy atom. The number of para-hydroxylation sites is 1. The third kappa shape index (κ3) is 4.10. The van der Waals surface area contributed by atoms with Crippen molar-refractivity contribution < 1.29 is 19.0 Å². The molecule has 0 fully saturated rings. The summed E-state index contributed by atoms with van der Waals surface area (Å²) >= 11 is 0. The Morgan fingerprint density at radius 3 is 2.58 bits per heavy atom. The van der Waals surface area contributed by atoms with Crippen molar-refractivity contribution in [3.63, 3.8) is 0 Å². The second kappa shape index (κ2) is 8.13. The van der Waals surface area contributed by atoms with E-state index in [0.717, 1.165) is 28.4 Å². The highest BCUT2D eigenvalue weighted by molar-refractivity contribution is 5.79. The molecule has 0 spiro atoms. The second-order valence-electron chi connectivity index (χ2n) is 6.68. The summed E-state index contributed by atoms with van der Waals surface area (Å²) in [6.45, 7) is 5.29. The first kappa shape index (κ1) is 18.1.